The quantitative estimate of drug-likeness (QED) is 0.740. The first kappa shape index (κ1) is 22.0. The van der Waals surface area contributed by atoms with E-state index < -0.39 is 30.4 Å². The highest BCUT2D eigenvalue weighted by molar-refractivity contribution is 6.03. The Balaban J connectivity index is 1.72. The van der Waals surface area contributed by atoms with E-state index in [0.717, 1.165) is 10.9 Å². The van der Waals surface area contributed by atoms with Gasteiger partial charge < -0.3 is 15.0 Å². The van der Waals surface area contributed by atoms with Crippen LogP contribution in [0.15, 0.2) is 42.1 Å². The molecule has 1 aromatic heterocycles. The monoisotopic (exact) mass is 444 g/mol. The summed E-state index contributed by atoms with van der Waals surface area (Å²) in [6.45, 7) is 5.32. The summed E-state index contributed by atoms with van der Waals surface area (Å²) in [6, 6.07) is 2.63. The molecule has 1 saturated heterocycles. The van der Waals surface area contributed by atoms with Crippen molar-refractivity contribution < 1.29 is 23.1 Å². The number of nitrogens with one attached hydrogen (secondary N) is 1. The molecule has 2 atom stereocenters. The normalized spacial score (nSPS) is 21.2. The first-order chi connectivity index (χ1) is 15.2. The van der Waals surface area contributed by atoms with Crippen molar-refractivity contribution in [3.05, 3.63) is 47.6 Å². The zero-order chi connectivity index (χ0) is 23.0. The smallest absolute Gasteiger partial charge is 0.255 e. The number of hydrogen-bond donors (Lipinski definition) is 1. The molecule has 1 N–H and O–H groups in total. The summed E-state index contributed by atoms with van der Waals surface area (Å²) in [5.41, 5.74) is 0.880. The molecule has 0 saturated carbocycles. The van der Waals surface area contributed by atoms with Crippen molar-refractivity contribution in [2.24, 2.45) is 5.92 Å². The van der Waals surface area contributed by atoms with Crippen molar-refractivity contribution in [2.45, 2.75) is 45.4 Å². The van der Waals surface area contributed by atoms with Gasteiger partial charge in [-0.25, -0.2) is 8.78 Å². The van der Waals surface area contributed by atoms with Crippen LogP contribution in [0.5, 0.6) is 5.75 Å². The zero-order valence-corrected chi connectivity index (χ0v) is 18.3. The fraction of sp³-hybridized carbons (Fsp3) is 0.435. The number of allylic oxidation sites excluding steroid dienone is 3. The van der Waals surface area contributed by atoms with Crippen LogP contribution in [0.1, 0.15) is 37.0 Å². The van der Waals surface area contributed by atoms with Gasteiger partial charge in [-0.3, -0.25) is 14.3 Å². The number of hydrogen-bond acceptors (Lipinski definition) is 4. The molecule has 4 rings (SSSR count). The van der Waals surface area contributed by atoms with Gasteiger partial charge in [-0.15, -0.1) is 0 Å². The van der Waals surface area contributed by atoms with Gasteiger partial charge in [0.05, 0.1) is 17.3 Å². The maximum atomic E-state index is 14.3. The highest BCUT2D eigenvalue weighted by Gasteiger charge is 2.31. The van der Waals surface area contributed by atoms with Crippen LogP contribution in [0.25, 0.3) is 10.9 Å². The number of rotatable bonds is 6. The molecular formula is C23H26F2N4O3. The summed E-state index contributed by atoms with van der Waals surface area (Å²) >= 11 is 0. The molecule has 2 aromatic rings. The van der Waals surface area contributed by atoms with E-state index in [-0.39, 0.29) is 23.0 Å². The number of alkyl halides is 1. The average Bonchev–Trinajstić information content (AvgIpc) is 3.26. The minimum absolute atomic E-state index is 0.116. The third-order valence-corrected chi connectivity index (χ3v) is 5.58. The van der Waals surface area contributed by atoms with Gasteiger partial charge in [0, 0.05) is 31.9 Å². The summed E-state index contributed by atoms with van der Waals surface area (Å²) < 4.78 is 35.3. The van der Waals surface area contributed by atoms with Gasteiger partial charge in [-0.2, -0.15) is 5.10 Å². The van der Waals surface area contributed by atoms with E-state index in [0.29, 0.717) is 25.4 Å². The molecule has 0 spiro atoms. The Bertz CT molecular complexity index is 1120. The van der Waals surface area contributed by atoms with E-state index >= 15 is 0 Å². The molecule has 1 aliphatic carbocycles. The molecular weight excluding hydrogens is 418 g/mol. The molecule has 9 heteroatoms. The Kier molecular flexibility index (Phi) is 5.99. The number of nitrogens with zero attached hydrogens (tertiary/aromatic N) is 3. The minimum Gasteiger partial charge on any atom is -0.454 e. The Morgan fingerprint density at radius 2 is 2.16 bits per heavy atom. The van der Waals surface area contributed by atoms with E-state index in [1.807, 2.05) is 0 Å². The zero-order valence-electron chi connectivity index (χ0n) is 18.3. The first-order valence-electron chi connectivity index (χ1n) is 10.7. The number of ether oxygens (including phenoxy) is 1. The van der Waals surface area contributed by atoms with E-state index in [9.17, 15) is 18.4 Å². The van der Waals surface area contributed by atoms with E-state index in [2.05, 4.69) is 24.3 Å². The lowest BCUT2D eigenvalue weighted by atomic mass is 10.1. The predicted octanol–water partition coefficient (Wildman–Crippen LogP) is 3.51. The number of halogens is 2. The first-order valence-corrected chi connectivity index (χ1v) is 10.7. The van der Waals surface area contributed by atoms with Crippen LogP contribution < -0.4 is 10.1 Å². The van der Waals surface area contributed by atoms with Crippen molar-refractivity contribution in [2.75, 3.05) is 13.6 Å². The molecule has 1 unspecified atom stereocenters. The fourth-order valence-electron chi connectivity index (χ4n) is 3.88. The standard InChI is InChI=1S/C23H26F2N4O3/c1-13(2)12-29-19-10-16(22(30)27-18-6-7-28(3)23(18)31)21(8-14(19)11-26-29)32-20-5-4-15(24)9-17(20)25/h4-5,8,10-11,13,15,18H,6-7,9,12H2,1-3H3,(H,27,30)/t15?,18-/m0/s1. The molecule has 2 aliphatic rings. The molecule has 1 aromatic carbocycles. The molecule has 2 amide bonds. The second kappa shape index (κ2) is 8.72. The van der Waals surface area contributed by atoms with Crippen molar-refractivity contribution in [3.63, 3.8) is 0 Å². The van der Waals surface area contributed by atoms with Gasteiger partial charge in [0.1, 0.15) is 23.8 Å². The third-order valence-electron chi connectivity index (χ3n) is 5.58. The molecule has 1 aliphatic heterocycles. The number of carbonyl (C=O) groups excluding carboxylic acids is 2. The maximum Gasteiger partial charge on any atom is 0.255 e. The fourth-order valence-corrected chi connectivity index (χ4v) is 3.88. The number of carbonyl (C=O) groups is 2. The van der Waals surface area contributed by atoms with E-state index in [1.165, 1.54) is 12.2 Å². The van der Waals surface area contributed by atoms with Gasteiger partial charge >= 0.3 is 0 Å². The summed E-state index contributed by atoms with van der Waals surface area (Å²) in [7, 11) is 1.68. The Labute approximate surface area is 184 Å². The van der Waals surface area contributed by atoms with Crippen molar-refractivity contribution in [1.29, 1.82) is 0 Å². The maximum absolute atomic E-state index is 14.3. The Hall–Kier alpha value is -3.23. The Morgan fingerprint density at radius 3 is 2.81 bits per heavy atom. The molecule has 0 radical (unpaired) electrons. The number of likely N-dealkylation sites (tertiary alicyclic amines) is 1. The number of amides is 2. The molecule has 2 heterocycles. The highest BCUT2D eigenvalue weighted by atomic mass is 19.1. The van der Waals surface area contributed by atoms with Gasteiger partial charge in [0.25, 0.3) is 5.91 Å². The average molecular weight is 444 g/mol. The van der Waals surface area contributed by atoms with Crippen LogP contribution in [0, 0.1) is 5.92 Å². The lowest BCUT2D eigenvalue weighted by molar-refractivity contribution is -0.128. The molecule has 1 fully saturated rings. The lowest BCUT2D eigenvalue weighted by Crippen LogP contribution is -2.40. The van der Waals surface area contributed by atoms with Gasteiger partial charge in [0.2, 0.25) is 5.91 Å². The van der Waals surface area contributed by atoms with Gasteiger partial charge in [-0.1, -0.05) is 13.8 Å². The van der Waals surface area contributed by atoms with E-state index in [4.69, 9.17) is 4.74 Å². The minimum atomic E-state index is -1.41. The molecule has 7 nitrogen and oxygen atoms in total. The van der Waals surface area contributed by atoms with Crippen LogP contribution >= 0.6 is 0 Å². The van der Waals surface area contributed by atoms with E-state index in [1.54, 1.807) is 35.0 Å². The SMILES string of the molecule is CC(C)Cn1ncc2cc(OC3=C(F)CC(F)C=C3)c(C(=O)N[C@H]3CCN(C)C3=O)cc21. The summed E-state index contributed by atoms with van der Waals surface area (Å²) in [6.07, 6.45) is 2.78. The number of fused-ring (bicyclic) bond motifs is 1. The summed E-state index contributed by atoms with van der Waals surface area (Å²) in [5, 5.41) is 7.87. The predicted molar refractivity (Wildman–Crippen MR) is 115 cm³/mol. The van der Waals surface area contributed by atoms with Crippen LogP contribution in [-0.2, 0) is 11.3 Å². The van der Waals surface area contributed by atoms with Crippen LogP contribution in [-0.4, -0.2) is 52.3 Å². The number of likely N-dealkylation sites (N-methyl/N-ethyl adjacent to an activating group) is 1. The van der Waals surface area contributed by atoms with Crippen LogP contribution in [0.3, 0.4) is 0 Å². The lowest BCUT2D eigenvalue weighted by Gasteiger charge is -2.18. The molecule has 0 bridgehead atoms. The van der Waals surface area contributed by atoms with Crippen molar-refractivity contribution in [1.82, 2.24) is 20.0 Å². The second-order valence-corrected chi connectivity index (χ2v) is 8.65. The van der Waals surface area contributed by atoms with Crippen molar-refractivity contribution >= 4 is 22.7 Å². The number of aromatic nitrogens is 2. The number of benzene rings is 1. The largest absolute Gasteiger partial charge is 0.454 e. The van der Waals surface area contributed by atoms with Crippen molar-refractivity contribution in [3.8, 4) is 5.75 Å². The second-order valence-electron chi connectivity index (χ2n) is 8.65. The van der Waals surface area contributed by atoms with Gasteiger partial charge in [-0.05, 0) is 36.6 Å². The van der Waals surface area contributed by atoms with Crippen LogP contribution in [0.2, 0.25) is 0 Å². The molecule has 32 heavy (non-hydrogen) atoms. The highest BCUT2D eigenvalue weighted by Crippen LogP contribution is 2.31. The Morgan fingerprint density at radius 1 is 1.38 bits per heavy atom. The molecule has 170 valence electrons. The summed E-state index contributed by atoms with van der Waals surface area (Å²) in [5.74, 6) is -1.09. The van der Waals surface area contributed by atoms with Crippen LogP contribution in [0.4, 0.5) is 8.78 Å². The third kappa shape index (κ3) is 4.37. The topological polar surface area (TPSA) is 76.5 Å². The summed E-state index contributed by atoms with van der Waals surface area (Å²) in [4.78, 5) is 27.0. The van der Waals surface area contributed by atoms with Gasteiger partial charge in [0.15, 0.2) is 5.76 Å².